The normalized spacial score (nSPS) is 11.8. The highest BCUT2D eigenvalue weighted by Crippen LogP contribution is 2.35. The van der Waals surface area contributed by atoms with Gasteiger partial charge in [-0.1, -0.05) is 18.2 Å². The standard InChI is InChI=1S/C24H20FN3O3/c1-14-13-27-22(28-15(2)16-6-8-17(9-7-16)24(29)30)21-20(14)10-11-26-23(21)31-19-5-3-4-18(25)12-19/h3-13,15H,1-2H3,(H,27,28)(H,29,30)/t15-/m0/s1. The molecule has 2 aromatic carbocycles. The maximum Gasteiger partial charge on any atom is 0.335 e. The van der Waals surface area contributed by atoms with Crippen molar-refractivity contribution in [3.05, 3.63) is 89.5 Å². The molecule has 0 saturated carbocycles. The number of hydrogen-bond donors (Lipinski definition) is 2. The fraction of sp³-hybridized carbons (Fsp3) is 0.125. The minimum Gasteiger partial charge on any atom is -0.478 e. The topological polar surface area (TPSA) is 84.3 Å². The van der Waals surface area contributed by atoms with Crippen LogP contribution >= 0.6 is 0 Å². The van der Waals surface area contributed by atoms with Gasteiger partial charge < -0.3 is 15.2 Å². The predicted octanol–water partition coefficient (Wildman–Crippen LogP) is 5.74. The highest BCUT2D eigenvalue weighted by Gasteiger charge is 2.16. The van der Waals surface area contributed by atoms with E-state index in [1.165, 1.54) is 12.1 Å². The summed E-state index contributed by atoms with van der Waals surface area (Å²) in [5.41, 5.74) is 2.08. The lowest BCUT2D eigenvalue weighted by Crippen LogP contribution is -2.09. The maximum absolute atomic E-state index is 13.6. The first-order valence-electron chi connectivity index (χ1n) is 9.70. The molecule has 0 saturated heterocycles. The largest absolute Gasteiger partial charge is 0.478 e. The molecule has 1 atom stereocenters. The van der Waals surface area contributed by atoms with Gasteiger partial charge in [0.1, 0.15) is 17.4 Å². The Morgan fingerprint density at radius 2 is 1.90 bits per heavy atom. The number of pyridine rings is 2. The second-order valence-corrected chi connectivity index (χ2v) is 7.18. The van der Waals surface area contributed by atoms with Crippen molar-refractivity contribution in [3.8, 4) is 11.6 Å². The summed E-state index contributed by atoms with van der Waals surface area (Å²) >= 11 is 0. The molecule has 0 spiro atoms. The van der Waals surface area contributed by atoms with Crippen LogP contribution < -0.4 is 10.1 Å². The molecular formula is C24H20FN3O3. The van der Waals surface area contributed by atoms with Gasteiger partial charge in [0.05, 0.1) is 10.9 Å². The summed E-state index contributed by atoms with van der Waals surface area (Å²) in [6.07, 6.45) is 3.40. The molecule has 2 aromatic heterocycles. The summed E-state index contributed by atoms with van der Waals surface area (Å²) in [5, 5.41) is 14.0. The monoisotopic (exact) mass is 417 g/mol. The van der Waals surface area contributed by atoms with Gasteiger partial charge in [-0.15, -0.1) is 0 Å². The summed E-state index contributed by atoms with van der Waals surface area (Å²) in [7, 11) is 0. The van der Waals surface area contributed by atoms with Gasteiger partial charge in [0.25, 0.3) is 0 Å². The number of carboxylic acid groups (broad SMARTS) is 1. The highest BCUT2D eigenvalue weighted by molar-refractivity contribution is 5.97. The fourth-order valence-electron chi connectivity index (χ4n) is 3.33. The quantitative estimate of drug-likeness (QED) is 0.416. The Kier molecular flexibility index (Phi) is 5.49. The highest BCUT2D eigenvalue weighted by atomic mass is 19.1. The van der Waals surface area contributed by atoms with Crippen molar-refractivity contribution in [2.24, 2.45) is 0 Å². The van der Waals surface area contributed by atoms with E-state index in [1.807, 2.05) is 19.9 Å². The summed E-state index contributed by atoms with van der Waals surface area (Å²) in [4.78, 5) is 20.0. The summed E-state index contributed by atoms with van der Waals surface area (Å²) in [6.45, 7) is 3.89. The SMILES string of the molecule is Cc1cnc(N[C@@H](C)c2ccc(C(=O)O)cc2)c2c(Oc3cccc(F)c3)nccc12. The maximum atomic E-state index is 13.6. The number of carbonyl (C=O) groups is 1. The number of aromatic nitrogens is 2. The fourth-order valence-corrected chi connectivity index (χ4v) is 3.33. The van der Waals surface area contributed by atoms with Gasteiger partial charge in [-0.2, -0.15) is 0 Å². The number of fused-ring (bicyclic) bond motifs is 1. The first-order valence-corrected chi connectivity index (χ1v) is 9.70. The van der Waals surface area contributed by atoms with Crippen LogP contribution in [0.2, 0.25) is 0 Å². The zero-order chi connectivity index (χ0) is 22.0. The Morgan fingerprint density at radius 1 is 1.13 bits per heavy atom. The molecule has 2 N–H and O–H groups in total. The van der Waals surface area contributed by atoms with Crippen LogP contribution in [0.25, 0.3) is 10.8 Å². The number of rotatable bonds is 6. The van der Waals surface area contributed by atoms with Crippen LogP contribution in [0.15, 0.2) is 67.0 Å². The average Bonchev–Trinajstić information content (AvgIpc) is 2.76. The molecule has 31 heavy (non-hydrogen) atoms. The molecule has 0 fully saturated rings. The molecule has 0 unspecified atom stereocenters. The van der Waals surface area contributed by atoms with Gasteiger partial charge in [0.15, 0.2) is 0 Å². The molecule has 0 aliphatic rings. The van der Waals surface area contributed by atoms with Crippen LogP contribution in [-0.2, 0) is 0 Å². The Bertz CT molecular complexity index is 1260. The number of anilines is 1. The van der Waals surface area contributed by atoms with Gasteiger partial charge in [-0.25, -0.2) is 19.2 Å². The molecule has 4 aromatic rings. The number of nitrogens with one attached hydrogen (secondary N) is 1. The van der Waals surface area contributed by atoms with Gasteiger partial charge in [0, 0.05) is 24.5 Å². The molecule has 0 radical (unpaired) electrons. The number of nitrogens with zero attached hydrogens (tertiary/aromatic N) is 2. The first kappa shape index (κ1) is 20.3. The number of hydrogen-bond acceptors (Lipinski definition) is 5. The van der Waals surface area contributed by atoms with Crippen molar-refractivity contribution in [2.45, 2.75) is 19.9 Å². The second-order valence-electron chi connectivity index (χ2n) is 7.18. The molecule has 4 rings (SSSR count). The molecule has 0 amide bonds. The van der Waals surface area contributed by atoms with E-state index in [0.717, 1.165) is 16.5 Å². The lowest BCUT2D eigenvalue weighted by molar-refractivity contribution is 0.0697. The van der Waals surface area contributed by atoms with Crippen LogP contribution in [-0.4, -0.2) is 21.0 Å². The van der Waals surface area contributed by atoms with Crippen molar-refractivity contribution in [1.82, 2.24) is 9.97 Å². The van der Waals surface area contributed by atoms with Crippen molar-refractivity contribution < 1.29 is 19.0 Å². The predicted molar refractivity (Wildman–Crippen MR) is 116 cm³/mol. The third kappa shape index (κ3) is 4.30. The molecule has 0 bridgehead atoms. The Labute approximate surface area is 178 Å². The number of aryl methyl sites for hydroxylation is 1. The first-order chi connectivity index (χ1) is 14.9. The van der Waals surface area contributed by atoms with E-state index in [1.54, 1.807) is 48.8 Å². The van der Waals surface area contributed by atoms with Crippen LogP contribution in [0.1, 0.15) is 34.5 Å². The van der Waals surface area contributed by atoms with Gasteiger partial charge in [-0.3, -0.25) is 0 Å². The lowest BCUT2D eigenvalue weighted by Gasteiger charge is -2.18. The second kappa shape index (κ2) is 8.39. The van der Waals surface area contributed by atoms with Gasteiger partial charge in [0.2, 0.25) is 5.88 Å². The third-order valence-corrected chi connectivity index (χ3v) is 4.99. The minimum absolute atomic E-state index is 0.163. The molecule has 0 aliphatic heterocycles. The third-order valence-electron chi connectivity index (χ3n) is 4.99. The van der Waals surface area contributed by atoms with E-state index in [-0.39, 0.29) is 11.6 Å². The van der Waals surface area contributed by atoms with Gasteiger partial charge in [-0.05, 0) is 60.7 Å². The summed E-state index contributed by atoms with van der Waals surface area (Å²) in [6, 6.07) is 14.2. The van der Waals surface area contributed by atoms with E-state index in [0.29, 0.717) is 22.8 Å². The van der Waals surface area contributed by atoms with E-state index >= 15 is 0 Å². The number of halogens is 1. The summed E-state index contributed by atoms with van der Waals surface area (Å²) < 4.78 is 19.5. The molecule has 6 nitrogen and oxygen atoms in total. The molecular weight excluding hydrogens is 397 g/mol. The van der Waals surface area contributed by atoms with E-state index < -0.39 is 11.8 Å². The minimum atomic E-state index is -0.969. The zero-order valence-corrected chi connectivity index (χ0v) is 17.0. The lowest BCUT2D eigenvalue weighted by atomic mass is 10.1. The molecule has 0 aliphatic carbocycles. The van der Waals surface area contributed by atoms with Crippen molar-refractivity contribution >= 4 is 22.6 Å². The molecule has 156 valence electrons. The molecule has 7 heteroatoms. The number of carboxylic acids is 1. The Morgan fingerprint density at radius 3 is 2.61 bits per heavy atom. The van der Waals surface area contributed by atoms with Crippen molar-refractivity contribution in [2.75, 3.05) is 5.32 Å². The van der Waals surface area contributed by atoms with Crippen molar-refractivity contribution in [1.29, 1.82) is 0 Å². The van der Waals surface area contributed by atoms with Crippen LogP contribution in [0.4, 0.5) is 10.2 Å². The number of aromatic carboxylic acids is 1. The van der Waals surface area contributed by atoms with Crippen molar-refractivity contribution in [3.63, 3.8) is 0 Å². The van der Waals surface area contributed by atoms with Crippen LogP contribution in [0.5, 0.6) is 11.6 Å². The zero-order valence-electron chi connectivity index (χ0n) is 17.0. The Balaban J connectivity index is 1.71. The van der Waals surface area contributed by atoms with Crippen LogP contribution in [0, 0.1) is 12.7 Å². The Hall–Kier alpha value is -4.00. The smallest absolute Gasteiger partial charge is 0.335 e. The number of ether oxygens (including phenoxy) is 1. The average molecular weight is 417 g/mol. The van der Waals surface area contributed by atoms with E-state index in [9.17, 15) is 9.18 Å². The molecule has 2 heterocycles. The number of benzene rings is 2. The van der Waals surface area contributed by atoms with E-state index in [4.69, 9.17) is 9.84 Å². The van der Waals surface area contributed by atoms with Gasteiger partial charge >= 0.3 is 5.97 Å². The van der Waals surface area contributed by atoms with Crippen LogP contribution in [0.3, 0.4) is 0 Å². The van der Waals surface area contributed by atoms with E-state index in [2.05, 4.69) is 15.3 Å². The summed E-state index contributed by atoms with van der Waals surface area (Å²) in [5.74, 6) is -0.151.